The molecule has 0 fully saturated rings. The predicted octanol–water partition coefficient (Wildman–Crippen LogP) is 4.51. The minimum absolute atomic E-state index is 0.142. The highest BCUT2D eigenvalue weighted by molar-refractivity contribution is 5.99. The molecule has 0 aliphatic heterocycles. The third-order valence-corrected chi connectivity index (χ3v) is 4.54. The number of benzene rings is 2. The number of carbonyl (C=O) groups excluding carboxylic acids is 1. The van der Waals surface area contributed by atoms with E-state index < -0.39 is 0 Å². The summed E-state index contributed by atoms with van der Waals surface area (Å²) in [6, 6.07) is 18.9. The van der Waals surface area contributed by atoms with Gasteiger partial charge in [-0.05, 0) is 34.8 Å². The Morgan fingerprint density at radius 2 is 1.57 bits per heavy atom. The molecule has 2 aliphatic carbocycles. The van der Waals surface area contributed by atoms with E-state index in [2.05, 4.69) is 60.7 Å². The van der Waals surface area contributed by atoms with Gasteiger partial charge in [0, 0.05) is 11.8 Å². The van der Waals surface area contributed by atoms with Gasteiger partial charge in [0.15, 0.2) is 5.78 Å². The summed E-state index contributed by atoms with van der Waals surface area (Å²) in [7, 11) is 0. The zero-order chi connectivity index (χ0) is 14.2. The van der Waals surface area contributed by atoms with Gasteiger partial charge >= 0.3 is 0 Å². The second kappa shape index (κ2) is 4.85. The summed E-state index contributed by atoms with van der Waals surface area (Å²) in [5.41, 5.74) is 5.04. The topological polar surface area (TPSA) is 17.1 Å². The van der Waals surface area contributed by atoms with Crippen LogP contribution in [-0.4, -0.2) is 5.78 Å². The van der Waals surface area contributed by atoms with E-state index in [4.69, 9.17) is 0 Å². The normalized spacial score (nSPS) is 23.2. The van der Waals surface area contributed by atoms with Crippen molar-refractivity contribution in [3.63, 3.8) is 0 Å². The second-order valence-corrected chi connectivity index (χ2v) is 5.70. The third-order valence-electron chi connectivity index (χ3n) is 4.54. The molecule has 1 nitrogen and oxygen atoms in total. The van der Waals surface area contributed by atoms with Crippen molar-refractivity contribution in [3.05, 3.63) is 78.4 Å². The van der Waals surface area contributed by atoms with Crippen LogP contribution in [0.5, 0.6) is 0 Å². The van der Waals surface area contributed by atoms with Gasteiger partial charge in [0.1, 0.15) is 0 Å². The van der Waals surface area contributed by atoms with E-state index in [1.54, 1.807) is 6.08 Å². The van der Waals surface area contributed by atoms with E-state index in [1.165, 1.54) is 22.3 Å². The van der Waals surface area contributed by atoms with E-state index in [1.807, 2.05) is 6.07 Å². The maximum atomic E-state index is 11.9. The van der Waals surface area contributed by atoms with Crippen LogP contribution in [0, 0.1) is 11.8 Å². The standard InChI is InChI=1S/C20H16O/c21-20-13-12-18-17(10-11-19(18)20)16-9-5-4-8-15(16)14-6-2-1-3-7-14/h1-10,12-13,18-19H,11H2. The Kier molecular flexibility index (Phi) is 2.85. The summed E-state index contributed by atoms with van der Waals surface area (Å²) in [5, 5.41) is 0. The molecule has 0 N–H and O–H groups in total. The van der Waals surface area contributed by atoms with Crippen LogP contribution >= 0.6 is 0 Å². The Hall–Kier alpha value is -2.41. The van der Waals surface area contributed by atoms with Crippen LogP contribution in [-0.2, 0) is 4.79 Å². The highest BCUT2D eigenvalue weighted by Gasteiger charge is 2.36. The number of hydrogen-bond acceptors (Lipinski definition) is 1. The third kappa shape index (κ3) is 1.97. The van der Waals surface area contributed by atoms with E-state index in [-0.39, 0.29) is 17.6 Å². The van der Waals surface area contributed by atoms with Crippen molar-refractivity contribution < 1.29 is 4.79 Å². The monoisotopic (exact) mass is 272 g/mol. The molecule has 2 aliphatic rings. The summed E-state index contributed by atoms with van der Waals surface area (Å²) in [6.45, 7) is 0. The SMILES string of the molecule is O=C1C=CC2C(c3ccccc3-c3ccccc3)=CCC12. The molecule has 1 heteroatoms. The molecule has 21 heavy (non-hydrogen) atoms. The summed E-state index contributed by atoms with van der Waals surface area (Å²) in [4.78, 5) is 11.9. The quantitative estimate of drug-likeness (QED) is 0.786. The molecule has 0 spiro atoms. The lowest BCUT2D eigenvalue weighted by molar-refractivity contribution is -0.117. The zero-order valence-corrected chi connectivity index (χ0v) is 11.7. The Balaban J connectivity index is 1.81. The van der Waals surface area contributed by atoms with Crippen LogP contribution in [0.2, 0.25) is 0 Å². The molecule has 2 aromatic carbocycles. The minimum atomic E-state index is 0.142. The van der Waals surface area contributed by atoms with Crippen molar-refractivity contribution in [2.75, 3.05) is 0 Å². The average molecular weight is 272 g/mol. The first-order valence-electron chi connectivity index (χ1n) is 7.41. The van der Waals surface area contributed by atoms with Crippen molar-refractivity contribution in [3.8, 4) is 11.1 Å². The fourth-order valence-corrected chi connectivity index (χ4v) is 3.50. The summed E-state index contributed by atoms with van der Waals surface area (Å²) < 4.78 is 0. The number of hydrogen-bond donors (Lipinski definition) is 0. The minimum Gasteiger partial charge on any atom is -0.295 e. The summed E-state index contributed by atoms with van der Waals surface area (Å²) in [6.07, 6.45) is 6.95. The van der Waals surface area contributed by atoms with E-state index in [0.29, 0.717) is 0 Å². The molecule has 2 atom stereocenters. The molecular weight excluding hydrogens is 256 g/mol. The Morgan fingerprint density at radius 1 is 0.857 bits per heavy atom. The fourth-order valence-electron chi connectivity index (χ4n) is 3.50. The first-order chi connectivity index (χ1) is 10.3. The van der Waals surface area contributed by atoms with Crippen molar-refractivity contribution in [1.82, 2.24) is 0 Å². The van der Waals surface area contributed by atoms with Gasteiger partial charge in [-0.2, -0.15) is 0 Å². The van der Waals surface area contributed by atoms with Gasteiger partial charge in [-0.3, -0.25) is 4.79 Å². The lowest BCUT2D eigenvalue weighted by Crippen LogP contribution is -2.11. The van der Waals surface area contributed by atoms with Gasteiger partial charge in [0.25, 0.3) is 0 Å². The molecule has 0 aromatic heterocycles. The molecule has 0 heterocycles. The first-order valence-corrected chi connectivity index (χ1v) is 7.41. The largest absolute Gasteiger partial charge is 0.295 e. The fraction of sp³-hybridized carbons (Fsp3) is 0.150. The van der Waals surface area contributed by atoms with Crippen LogP contribution < -0.4 is 0 Å². The van der Waals surface area contributed by atoms with Crippen LogP contribution in [0.25, 0.3) is 16.7 Å². The van der Waals surface area contributed by atoms with Crippen molar-refractivity contribution in [1.29, 1.82) is 0 Å². The molecule has 4 rings (SSSR count). The number of ketones is 1. The van der Waals surface area contributed by atoms with Gasteiger partial charge in [0.05, 0.1) is 0 Å². The molecule has 0 amide bonds. The molecule has 0 saturated heterocycles. The van der Waals surface area contributed by atoms with Crippen LogP contribution in [0.1, 0.15) is 12.0 Å². The van der Waals surface area contributed by atoms with Crippen LogP contribution in [0.4, 0.5) is 0 Å². The van der Waals surface area contributed by atoms with Crippen molar-refractivity contribution >= 4 is 11.4 Å². The lowest BCUT2D eigenvalue weighted by atomic mass is 9.86. The van der Waals surface area contributed by atoms with E-state index in [9.17, 15) is 4.79 Å². The van der Waals surface area contributed by atoms with E-state index >= 15 is 0 Å². The second-order valence-electron chi connectivity index (χ2n) is 5.70. The molecule has 2 unspecified atom stereocenters. The molecule has 0 bridgehead atoms. The molecule has 102 valence electrons. The van der Waals surface area contributed by atoms with Gasteiger partial charge in [-0.1, -0.05) is 66.7 Å². The van der Waals surface area contributed by atoms with Gasteiger partial charge < -0.3 is 0 Å². The summed E-state index contributed by atoms with van der Waals surface area (Å²) >= 11 is 0. The number of fused-ring (bicyclic) bond motifs is 1. The smallest absolute Gasteiger partial charge is 0.159 e. The van der Waals surface area contributed by atoms with Gasteiger partial charge in [-0.25, -0.2) is 0 Å². The highest BCUT2D eigenvalue weighted by Crippen LogP contribution is 2.45. The highest BCUT2D eigenvalue weighted by atomic mass is 16.1. The van der Waals surface area contributed by atoms with Crippen LogP contribution in [0.15, 0.2) is 72.8 Å². The Morgan fingerprint density at radius 3 is 2.38 bits per heavy atom. The predicted molar refractivity (Wildman–Crippen MR) is 85.6 cm³/mol. The number of allylic oxidation sites excluding steroid dienone is 4. The first kappa shape index (κ1) is 12.3. The molecular formula is C20H16O. The molecule has 2 aromatic rings. The van der Waals surface area contributed by atoms with Crippen molar-refractivity contribution in [2.24, 2.45) is 11.8 Å². The van der Waals surface area contributed by atoms with Crippen molar-refractivity contribution in [2.45, 2.75) is 6.42 Å². The van der Waals surface area contributed by atoms with Crippen LogP contribution in [0.3, 0.4) is 0 Å². The van der Waals surface area contributed by atoms with Gasteiger partial charge in [0.2, 0.25) is 0 Å². The zero-order valence-electron chi connectivity index (χ0n) is 11.7. The maximum Gasteiger partial charge on any atom is 0.159 e. The molecule has 0 saturated carbocycles. The Labute approximate surface area is 124 Å². The lowest BCUT2D eigenvalue weighted by Gasteiger charge is -2.16. The maximum absolute atomic E-state index is 11.9. The van der Waals surface area contributed by atoms with E-state index in [0.717, 1.165) is 6.42 Å². The number of carbonyl (C=O) groups is 1. The summed E-state index contributed by atoms with van der Waals surface area (Å²) in [5.74, 6) is 0.689. The average Bonchev–Trinajstić information content (AvgIpc) is 3.12. The number of rotatable bonds is 2. The Bertz CT molecular complexity index is 752. The molecule has 0 radical (unpaired) electrons. The van der Waals surface area contributed by atoms with Gasteiger partial charge in [-0.15, -0.1) is 0 Å².